The monoisotopic (exact) mass is 373 g/mol. The van der Waals surface area contributed by atoms with Gasteiger partial charge in [0.05, 0.1) is 24.5 Å². The first kappa shape index (κ1) is 19.8. The summed E-state index contributed by atoms with van der Waals surface area (Å²) in [5.41, 5.74) is 0. The van der Waals surface area contributed by atoms with Crippen LogP contribution in [0.15, 0.2) is 0 Å². The second kappa shape index (κ2) is 6.02. The third-order valence-corrected chi connectivity index (χ3v) is 11.9. The standard InChI is InChI=1S/C17H31NO4SSi/c1-10(22-24(8,9)16(2,3)4)11-13(19)18-12(15(20)21-7)17(5,6)23-14(11)18/h10-12,14H,1-9H3/t10-,11+,12+,14-/m1/s1. The molecule has 2 fully saturated rings. The summed E-state index contributed by atoms with van der Waals surface area (Å²) in [5, 5.41) is 0.0982. The zero-order valence-electron chi connectivity index (χ0n) is 16.3. The zero-order valence-corrected chi connectivity index (χ0v) is 18.1. The van der Waals surface area contributed by atoms with Crippen LogP contribution < -0.4 is 0 Å². The van der Waals surface area contributed by atoms with Gasteiger partial charge in [-0.05, 0) is 38.9 Å². The van der Waals surface area contributed by atoms with E-state index >= 15 is 0 Å². The van der Waals surface area contributed by atoms with Crippen LogP contribution in [0, 0.1) is 5.92 Å². The van der Waals surface area contributed by atoms with Gasteiger partial charge in [-0.15, -0.1) is 11.8 Å². The average molecular weight is 374 g/mol. The maximum atomic E-state index is 12.8. The highest BCUT2D eigenvalue weighted by Crippen LogP contribution is 2.55. The van der Waals surface area contributed by atoms with E-state index in [-0.39, 0.29) is 39.1 Å². The fraction of sp³-hybridized carbons (Fsp3) is 0.882. The number of rotatable bonds is 4. The van der Waals surface area contributed by atoms with Gasteiger partial charge in [-0.2, -0.15) is 0 Å². The van der Waals surface area contributed by atoms with E-state index in [2.05, 4.69) is 33.9 Å². The second-order valence-electron chi connectivity index (χ2n) is 8.89. The van der Waals surface area contributed by atoms with Gasteiger partial charge < -0.3 is 14.1 Å². The molecule has 5 nitrogen and oxygen atoms in total. The van der Waals surface area contributed by atoms with Crippen LogP contribution in [0.1, 0.15) is 41.5 Å². The Morgan fingerprint density at radius 1 is 1.33 bits per heavy atom. The predicted octanol–water partition coefficient (Wildman–Crippen LogP) is 3.25. The van der Waals surface area contributed by atoms with Crippen LogP contribution in [-0.2, 0) is 18.8 Å². The zero-order chi connectivity index (χ0) is 18.7. The van der Waals surface area contributed by atoms with Crippen molar-refractivity contribution in [2.24, 2.45) is 5.92 Å². The van der Waals surface area contributed by atoms with Gasteiger partial charge in [0.25, 0.3) is 0 Å². The molecule has 2 aliphatic heterocycles. The molecule has 1 amide bonds. The third-order valence-electron chi connectivity index (χ3n) is 5.70. The summed E-state index contributed by atoms with van der Waals surface area (Å²) in [6.07, 6.45) is -0.140. The summed E-state index contributed by atoms with van der Waals surface area (Å²) >= 11 is 1.68. The number of carbonyl (C=O) groups excluding carboxylic acids is 2. The number of nitrogens with zero attached hydrogens (tertiary/aromatic N) is 1. The van der Waals surface area contributed by atoms with E-state index in [0.29, 0.717) is 0 Å². The van der Waals surface area contributed by atoms with Crippen molar-refractivity contribution in [3.63, 3.8) is 0 Å². The molecule has 0 aromatic heterocycles. The van der Waals surface area contributed by atoms with E-state index in [1.165, 1.54) is 7.11 Å². The van der Waals surface area contributed by atoms with Crippen LogP contribution in [0.4, 0.5) is 0 Å². The summed E-state index contributed by atoms with van der Waals surface area (Å²) in [7, 11) is -0.563. The summed E-state index contributed by atoms with van der Waals surface area (Å²) in [4.78, 5) is 26.6. The lowest BCUT2D eigenvalue weighted by atomic mass is 9.88. The van der Waals surface area contributed by atoms with Gasteiger partial charge in [0.15, 0.2) is 8.32 Å². The van der Waals surface area contributed by atoms with E-state index in [9.17, 15) is 9.59 Å². The van der Waals surface area contributed by atoms with E-state index in [4.69, 9.17) is 9.16 Å². The SMILES string of the molecule is COC(=O)[C@@H]1N2C(=O)[C@H]([C@@H](C)O[Si](C)(C)C(C)(C)C)[C@H]2SC1(C)C. The van der Waals surface area contributed by atoms with Crippen LogP contribution in [0.3, 0.4) is 0 Å². The Labute approximate surface area is 151 Å². The molecule has 0 radical (unpaired) electrons. The van der Waals surface area contributed by atoms with Crippen molar-refractivity contribution >= 4 is 32.0 Å². The molecule has 0 saturated carbocycles. The summed E-state index contributed by atoms with van der Waals surface area (Å²) < 4.78 is 11.0. The van der Waals surface area contributed by atoms with Gasteiger partial charge >= 0.3 is 5.97 Å². The Balaban J connectivity index is 2.17. The average Bonchev–Trinajstić information content (AvgIpc) is 2.64. The van der Waals surface area contributed by atoms with Crippen LogP contribution in [0.2, 0.25) is 18.1 Å². The lowest BCUT2D eigenvalue weighted by Gasteiger charge is -2.48. The number of amides is 1. The van der Waals surface area contributed by atoms with E-state index in [0.717, 1.165) is 0 Å². The Morgan fingerprint density at radius 3 is 2.33 bits per heavy atom. The number of ether oxygens (including phenoxy) is 1. The molecule has 2 saturated heterocycles. The lowest BCUT2D eigenvalue weighted by molar-refractivity contribution is -0.169. The maximum Gasteiger partial charge on any atom is 0.330 e. The number of hydrogen-bond donors (Lipinski definition) is 0. The Kier molecular flexibility index (Phi) is 4.96. The molecule has 2 heterocycles. The normalized spacial score (nSPS) is 30.6. The Bertz CT molecular complexity index is 543. The first-order valence-electron chi connectivity index (χ1n) is 8.50. The van der Waals surface area contributed by atoms with Gasteiger partial charge in [-0.25, -0.2) is 4.79 Å². The highest BCUT2D eigenvalue weighted by molar-refractivity contribution is 8.01. The first-order chi connectivity index (χ1) is 10.7. The molecule has 138 valence electrons. The fourth-order valence-electron chi connectivity index (χ4n) is 3.28. The first-order valence-corrected chi connectivity index (χ1v) is 12.3. The number of β-lactam (4-membered cyclic amide) rings is 1. The van der Waals surface area contributed by atoms with Crippen LogP contribution in [0.5, 0.6) is 0 Å². The van der Waals surface area contributed by atoms with Crippen molar-refractivity contribution in [1.82, 2.24) is 4.90 Å². The number of esters is 1. The number of fused-ring (bicyclic) bond motifs is 1. The molecule has 0 unspecified atom stereocenters. The van der Waals surface area contributed by atoms with Crippen molar-refractivity contribution in [2.45, 2.75) is 81.9 Å². The number of methoxy groups -OCH3 is 1. The summed E-state index contributed by atoms with van der Waals surface area (Å²) in [5.74, 6) is -0.502. The fourth-order valence-corrected chi connectivity index (χ4v) is 6.50. The molecule has 0 aromatic carbocycles. The molecule has 2 rings (SSSR count). The largest absolute Gasteiger partial charge is 0.467 e. The molecule has 0 aromatic rings. The molecular formula is C17H31NO4SSi. The maximum absolute atomic E-state index is 12.8. The topological polar surface area (TPSA) is 55.8 Å². The molecule has 0 spiro atoms. The smallest absolute Gasteiger partial charge is 0.330 e. The number of thioether (sulfide) groups is 1. The lowest BCUT2D eigenvalue weighted by Crippen LogP contribution is -2.66. The summed E-state index contributed by atoms with van der Waals surface area (Å²) in [6, 6.07) is -0.513. The van der Waals surface area contributed by atoms with Gasteiger partial charge in [-0.1, -0.05) is 20.8 Å². The van der Waals surface area contributed by atoms with Crippen LogP contribution in [-0.4, -0.2) is 54.5 Å². The minimum Gasteiger partial charge on any atom is -0.467 e. The minimum atomic E-state index is -1.94. The molecule has 0 aliphatic carbocycles. The van der Waals surface area contributed by atoms with Crippen LogP contribution in [0.25, 0.3) is 0 Å². The van der Waals surface area contributed by atoms with Gasteiger partial charge in [0.2, 0.25) is 5.91 Å². The molecular weight excluding hydrogens is 342 g/mol. The second-order valence-corrected chi connectivity index (χ2v) is 15.4. The van der Waals surface area contributed by atoms with Crippen molar-refractivity contribution in [2.75, 3.05) is 7.11 Å². The van der Waals surface area contributed by atoms with Gasteiger partial charge in [-0.3, -0.25) is 4.79 Å². The summed E-state index contributed by atoms with van der Waals surface area (Å²) in [6.45, 7) is 17.0. The molecule has 4 atom stereocenters. The Morgan fingerprint density at radius 2 is 1.88 bits per heavy atom. The quantitative estimate of drug-likeness (QED) is 0.430. The van der Waals surface area contributed by atoms with Gasteiger partial charge in [0, 0.05) is 4.75 Å². The molecule has 7 heteroatoms. The highest BCUT2D eigenvalue weighted by Gasteiger charge is 2.65. The highest BCUT2D eigenvalue weighted by atomic mass is 32.2. The number of hydrogen-bond acceptors (Lipinski definition) is 5. The van der Waals surface area contributed by atoms with Gasteiger partial charge in [0.1, 0.15) is 6.04 Å². The molecule has 0 bridgehead atoms. The minimum absolute atomic E-state index is 0.00336. The third kappa shape index (κ3) is 3.03. The van der Waals surface area contributed by atoms with Crippen LogP contribution >= 0.6 is 11.8 Å². The molecule has 0 N–H and O–H groups in total. The molecule has 2 aliphatic rings. The predicted molar refractivity (Wildman–Crippen MR) is 99.3 cm³/mol. The van der Waals surface area contributed by atoms with E-state index in [1.54, 1.807) is 16.7 Å². The van der Waals surface area contributed by atoms with Crippen molar-refractivity contribution < 1.29 is 18.8 Å². The van der Waals surface area contributed by atoms with E-state index in [1.807, 2.05) is 20.8 Å². The molecule has 24 heavy (non-hydrogen) atoms. The van der Waals surface area contributed by atoms with E-state index < -0.39 is 14.4 Å². The van der Waals surface area contributed by atoms with Crippen molar-refractivity contribution in [3.8, 4) is 0 Å². The van der Waals surface area contributed by atoms with Crippen molar-refractivity contribution in [3.05, 3.63) is 0 Å². The van der Waals surface area contributed by atoms with Crippen molar-refractivity contribution in [1.29, 1.82) is 0 Å². The number of carbonyl (C=O) groups is 2. The Hall–Kier alpha value is -0.533.